The first-order valence-electron chi connectivity index (χ1n) is 9.82. The molecule has 0 rings (SSSR count). The molecule has 1 N–H and O–H groups in total. The maximum absolute atomic E-state index is 11.2. The molecule has 0 aliphatic heterocycles. The van der Waals surface area contributed by atoms with Crippen LogP contribution in [0.2, 0.25) is 0 Å². The number of esters is 1. The van der Waals surface area contributed by atoms with Crippen molar-refractivity contribution in [1.82, 2.24) is 0 Å². The van der Waals surface area contributed by atoms with E-state index in [1.807, 2.05) is 6.92 Å². The summed E-state index contributed by atoms with van der Waals surface area (Å²) >= 11 is 0. The van der Waals surface area contributed by atoms with E-state index in [4.69, 9.17) is 5.11 Å². The summed E-state index contributed by atoms with van der Waals surface area (Å²) in [6, 6.07) is 0. The number of ether oxygens (including phenoxy) is 1. The van der Waals surface area contributed by atoms with E-state index in [9.17, 15) is 9.59 Å². The van der Waals surface area contributed by atoms with Gasteiger partial charge in [-0.3, -0.25) is 0 Å². The van der Waals surface area contributed by atoms with Crippen LogP contribution in [0.5, 0.6) is 0 Å². The first kappa shape index (κ1) is 28.2. The topological polar surface area (TPSA) is 63.6 Å². The Kier molecular flexibility index (Phi) is 18.5. The minimum atomic E-state index is -1.55. The van der Waals surface area contributed by atoms with E-state index in [-0.39, 0.29) is 37.7 Å². The second-order valence-corrected chi connectivity index (χ2v) is 8.04. The van der Waals surface area contributed by atoms with E-state index < -0.39 is 12.1 Å². The molecule has 0 radical (unpaired) electrons. The molecule has 2 atom stereocenters. The number of hydrogen-bond donors (Lipinski definition) is 1. The molecule has 0 unspecified atom stereocenters. The molecule has 0 aliphatic rings. The van der Waals surface area contributed by atoms with Crippen LogP contribution in [0.4, 0.5) is 4.79 Å². The van der Waals surface area contributed by atoms with Crippen molar-refractivity contribution in [3.8, 4) is 0 Å². The second kappa shape index (κ2) is 17.1. The Balaban J connectivity index is 0. The van der Waals surface area contributed by atoms with Gasteiger partial charge in [0, 0.05) is 6.08 Å². The number of allylic oxidation sites excluding steroid dienone is 1. The molecule has 4 nitrogen and oxygen atoms in total. The molecule has 0 aromatic heterocycles. The number of rotatable bonds is 13. The van der Waals surface area contributed by atoms with Crippen LogP contribution < -0.4 is 0 Å². The van der Waals surface area contributed by atoms with Gasteiger partial charge in [0.1, 0.15) is 0 Å². The first-order chi connectivity index (χ1) is 11.7. The summed E-state index contributed by atoms with van der Waals surface area (Å²) < 4.78 is 4.07. The molecule has 0 saturated carbocycles. The van der Waals surface area contributed by atoms with Crippen LogP contribution in [0, 0.1) is 17.8 Å². The quantitative estimate of drug-likeness (QED) is 0.188. The Morgan fingerprint density at radius 3 is 1.81 bits per heavy atom. The van der Waals surface area contributed by atoms with Crippen LogP contribution in [0.3, 0.4) is 0 Å². The van der Waals surface area contributed by atoms with Gasteiger partial charge in [-0.25, -0.2) is 9.59 Å². The molecule has 0 bridgehead atoms. The second-order valence-electron chi connectivity index (χ2n) is 8.04. The normalized spacial score (nSPS) is 13.8. The van der Waals surface area contributed by atoms with E-state index in [1.54, 1.807) is 0 Å². The van der Waals surface area contributed by atoms with Gasteiger partial charge in [0.2, 0.25) is 0 Å². The van der Waals surface area contributed by atoms with Gasteiger partial charge in [0.15, 0.2) is 0 Å². The zero-order chi connectivity index (χ0) is 19.2. The summed E-state index contributed by atoms with van der Waals surface area (Å²) in [5, 5.41) is 8.37. The molecule has 0 heterocycles. The number of carbonyl (C=O) groups is 2. The molecule has 0 aromatic rings. The van der Waals surface area contributed by atoms with Crippen LogP contribution in [0.1, 0.15) is 92.4 Å². The molecule has 5 heteroatoms. The fourth-order valence-corrected chi connectivity index (χ4v) is 3.10. The molecule has 0 saturated heterocycles. The Bertz CT molecular complexity index is 418. The van der Waals surface area contributed by atoms with Crippen molar-refractivity contribution in [1.29, 1.82) is 0 Å². The van der Waals surface area contributed by atoms with Crippen molar-refractivity contribution >= 4 is 49.9 Å². The standard InChI is InChI=1S/C21H38O4.Ca.2H/c1-16(2)9-6-10-17(3)11-7-12-18(4)13-8-14-19(5)15-20(22)25-21(23)24;;;/h15-18H,6-14H2,1-5H3,(H,23,24);;;/b19-15+;;;/t17-,18-;;;/m1.../s1. The molecular weight excluding hydrogens is 356 g/mol. The van der Waals surface area contributed by atoms with Gasteiger partial charge in [-0.15, -0.1) is 0 Å². The third kappa shape index (κ3) is 18.7. The van der Waals surface area contributed by atoms with E-state index in [0.29, 0.717) is 5.92 Å². The summed E-state index contributed by atoms with van der Waals surface area (Å²) in [4.78, 5) is 21.5. The summed E-state index contributed by atoms with van der Waals surface area (Å²) in [5.74, 6) is 1.54. The third-order valence-electron chi connectivity index (χ3n) is 4.69. The van der Waals surface area contributed by atoms with Crippen molar-refractivity contribution in [3.63, 3.8) is 0 Å². The van der Waals surface area contributed by atoms with E-state index in [1.165, 1.54) is 44.6 Å². The number of carboxylic acid groups (broad SMARTS) is 1. The van der Waals surface area contributed by atoms with Gasteiger partial charge in [-0.05, 0) is 37.5 Å². The van der Waals surface area contributed by atoms with Crippen molar-refractivity contribution in [3.05, 3.63) is 11.6 Å². The molecule has 0 aromatic carbocycles. The molecule has 0 amide bonds. The predicted octanol–water partition coefficient (Wildman–Crippen LogP) is 5.68. The van der Waals surface area contributed by atoms with Crippen molar-refractivity contribution in [2.24, 2.45) is 17.8 Å². The Hall–Kier alpha value is -0.0603. The average Bonchev–Trinajstić information content (AvgIpc) is 2.45. The monoisotopic (exact) mass is 396 g/mol. The third-order valence-corrected chi connectivity index (χ3v) is 4.69. The van der Waals surface area contributed by atoms with Crippen molar-refractivity contribution in [2.45, 2.75) is 92.4 Å². The van der Waals surface area contributed by atoms with Crippen LogP contribution in [-0.4, -0.2) is 55.0 Å². The van der Waals surface area contributed by atoms with Gasteiger partial charge >= 0.3 is 49.9 Å². The number of carbonyl (C=O) groups excluding carboxylic acids is 1. The molecule has 0 fully saturated rings. The fraction of sp³-hybridized carbons (Fsp3) is 0.810. The molecule has 0 aliphatic carbocycles. The molecule has 26 heavy (non-hydrogen) atoms. The average molecular weight is 397 g/mol. The predicted molar refractivity (Wildman–Crippen MR) is 111 cm³/mol. The van der Waals surface area contributed by atoms with E-state index in [0.717, 1.165) is 36.7 Å². The zero-order valence-electron chi connectivity index (χ0n) is 16.8. The zero-order valence-corrected chi connectivity index (χ0v) is 16.8. The SMILES string of the molecule is C/C(=C\C(=O)OC(=O)O)CCC[C@H](C)CCC[C@H](C)CCCC(C)C.[CaH2]. The van der Waals surface area contributed by atoms with Crippen molar-refractivity contribution < 1.29 is 19.4 Å². The van der Waals surface area contributed by atoms with Crippen LogP contribution in [-0.2, 0) is 9.53 Å². The van der Waals surface area contributed by atoms with Gasteiger partial charge in [0.05, 0.1) is 0 Å². The Morgan fingerprint density at radius 1 is 0.885 bits per heavy atom. The summed E-state index contributed by atoms with van der Waals surface area (Å²) in [6.07, 6.45) is 10.6. The van der Waals surface area contributed by atoms with Gasteiger partial charge in [-0.1, -0.05) is 78.2 Å². The number of hydrogen-bond acceptors (Lipinski definition) is 3. The molecular formula is C21H40CaO4. The Morgan fingerprint density at radius 2 is 1.35 bits per heavy atom. The fourth-order valence-electron chi connectivity index (χ4n) is 3.10. The summed E-state index contributed by atoms with van der Waals surface area (Å²) in [7, 11) is 0. The Labute approximate surface area is 190 Å². The van der Waals surface area contributed by atoms with E-state index in [2.05, 4.69) is 32.4 Å². The van der Waals surface area contributed by atoms with Gasteiger partial charge in [-0.2, -0.15) is 0 Å². The minimum absolute atomic E-state index is 0. The summed E-state index contributed by atoms with van der Waals surface area (Å²) in [5.41, 5.74) is 0.872. The maximum atomic E-state index is 11.2. The van der Waals surface area contributed by atoms with Crippen molar-refractivity contribution in [2.75, 3.05) is 0 Å². The summed E-state index contributed by atoms with van der Waals surface area (Å²) in [6.45, 7) is 11.1. The van der Waals surface area contributed by atoms with Gasteiger partial charge < -0.3 is 9.84 Å². The van der Waals surface area contributed by atoms with E-state index >= 15 is 0 Å². The van der Waals surface area contributed by atoms with Crippen LogP contribution in [0.15, 0.2) is 11.6 Å². The van der Waals surface area contributed by atoms with Crippen LogP contribution in [0.25, 0.3) is 0 Å². The first-order valence-corrected chi connectivity index (χ1v) is 9.82. The van der Waals surface area contributed by atoms with Crippen LogP contribution >= 0.6 is 0 Å². The molecule has 150 valence electrons. The molecule has 0 spiro atoms. The van der Waals surface area contributed by atoms with Gasteiger partial charge in [0.25, 0.3) is 0 Å².